The van der Waals surface area contributed by atoms with Crippen LogP contribution < -0.4 is 0 Å². The van der Waals surface area contributed by atoms with E-state index in [0.29, 0.717) is 38.0 Å². The highest BCUT2D eigenvalue weighted by atomic mass is 19.1. The minimum Gasteiger partial charge on any atom is -0.507 e. The quantitative estimate of drug-likeness (QED) is 0.833. The third-order valence-electron chi connectivity index (χ3n) is 3.86. The van der Waals surface area contributed by atoms with Gasteiger partial charge in [0.05, 0.1) is 11.2 Å². The number of halogens is 1. The highest BCUT2D eigenvalue weighted by Gasteiger charge is 2.28. The van der Waals surface area contributed by atoms with Crippen molar-refractivity contribution in [3.63, 3.8) is 0 Å². The zero-order valence-electron chi connectivity index (χ0n) is 11.8. The third kappa shape index (κ3) is 3.35. The normalized spacial score (nSPS) is 19.0. The zero-order valence-corrected chi connectivity index (χ0v) is 11.8. The first-order valence-corrected chi connectivity index (χ1v) is 6.75. The monoisotopic (exact) mass is 281 g/mol. The van der Waals surface area contributed by atoms with Crippen LogP contribution in [0.15, 0.2) is 12.1 Å². The number of phenolic OH excluding ortho intramolecular Hbond substituents is 1. The predicted molar refractivity (Wildman–Crippen MR) is 73.2 cm³/mol. The average molecular weight is 281 g/mol. The number of hydrogen-bond acceptors (Lipinski definition) is 4. The Balaban J connectivity index is 2.16. The van der Waals surface area contributed by atoms with Crippen LogP contribution in [0.3, 0.4) is 0 Å². The number of ketones is 1. The van der Waals surface area contributed by atoms with Gasteiger partial charge in [-0.15, -0.1) is 0 Å². The lowest BCUT2D eigenvalue weighted by molar-refractivity contribution is -0.00743. The number of nitrogens with zero attached hydrogens (tertiary/aromatic N) is 1. The molecule has 1 fully saturated rings. The Kier molecular flexibility index (Phi) is 4.11. The highest BCUT2D eigenvalue weighted by molar-refractivity contribution is 5.97. The first-order valence-electron chi connectivity index (χ1n) is 6.75. The molecule has 1 saturated heterocycles. The molecule has 0 aliphatic carbocycles. The van der Waals surface area contributed by atoms with Gasteiger partial charge in [-0.1, -0.05) is 0 Å². The minimum absolute atomic E-state index is 0.0176. The topological polar surface area (TPSA) is 60.8 Å². The molecule has 0 unspecified atom stereocenters. The van der Waals surface area contributed by atoms with Gasteiger partial charge in [-0.05, 0) is 38.8 Å². The molecule has 2 rings (SSSR count). The van der Waals surface area contributed by atoms with Crippen molar-refractivity contribution in [2.45, 2.75) is 38.8 Å². The van der Waals surface area contributed by atoms with Crippen LogP contribution in [0.25, 0.3) is 0 Å². The van der Waals surface area contributed by atoms with E-state index in [2.05, 4.69) is 0 Å². The predicted octanol–water partition coefficient (Wildman–Crippen LogP) is 2.08. The summed E-state index contributed by atoms with van der Waals surface area (Å²) in [6, 6.07) is 2.32. The number of phenols is 1. The Morgan fingerprint density at radius 3 is 2.55 bits per heavy atom. The van der Waals surface area contributed by atoms with Crippen molar-refractivity contribution in [3.05, 3.63) is 29.1 Å². The largest absolute Gasteiger partial charge is 0.507 e. The van der Waals surface area contributed by atoms with E-state index in [9.17, 15) is 19.4 Å². The van der Waals surface area contributed by atoms with E-state index in [1.807, 2.05) is 4.90 Å². The van der Waals surface area contributed by atoms with Crippen LogP contribution in [0.2, 0.25) is 0 Å². The molecule has 110 valence electrons. The van der Waals surface area contributed by atoms with Crippen molar-refractivity contribution in [1.82, 2.24) is 4.90 Å². The highest BCUT2D eigenvalue weighted by Crippen LogP contribution is 2.28. The number of rotatable bonds is 3. The summed E-state index contributed by atoms with van der Waals surface area (Å²) in [4.78, 5) is 13.4. The molecular weight excluding hydrogens is 261 g/mol. The number of aliphatic hydroxyl groups is 1. The summed E-state index contributed by atoms with van der Waals surface area (Å²) in [5.74, 6) is -1.02. The fourth-order valence-corrected chi connectivity index (χ4v) is 2.48. The maximum Gasteiger partial charge on any atom is 0.163 e. The number of hydrogen-bond donors (Lipinski definition) is 2. The molecule has 0 bridgehead atoms. The molecule has 0 atom stereocenters. The minimum atomic E-state index is -0.648. The van der Waals surface area contributed by atoms with Crippen molar-refractivity contribution in [3.8, 4) is 5.75 Å². The molecule has 20 heavy (non-hydrogen) atoms. The Hall–Kier alpha value is -1.46. The molecule has 1 aromatic carbocycles. The number of carbonyl (C=O) groups is 1. The standard InChI is InChI=1S/C15H20FNO3/c1-10(18)13-8-12(16)7-11(14(13)19)9-17-5-3-15(2,20)4-6-17/h7-8,19-20H,3-6,9H2,1-2H3. The van der Waals surface area contributed by atoms with Crippen LogP contribution >= 0.6 is 0 Å². The summed E-state index contributed by atoms with van der Waals surface area (Å²) >= 11 is 0. The van der Waals surface area contributed by atoms with E-state index in [1.165, 1.54) is 13.0 Å². The molecule has 0 saturated carbocycles. The van der Waals surface area contributed by atoms with Gasteiger partial charge in [0.15, 0.2) is 5.78 Å². The van der Waals surface area contributed by atoms with E-state index in [-0.39, 0.29) is 17.1 Å². The lowest BCUT2D eigenvalue weighted by atomic mass is 9.93. The van der Waals surface area contributed by atoms with Crippen LogP contribution in [0, 0.1) is 5.82 Å². The molecular formula is C15H20FNO3. The maximum absolute atomic E-state index is 13.5. The lowest BCUT2D eigenvalue weighted by Gasteiger charge is -2.35. The number of Topliss-reactive ketones (excluding diaryl/α,β-unsaturated/α-hetero) is 1. The molecule has 1 aliphatic heterocycles. The Morgan fingerprint density at radius 1 is 1.40 bits per heavy atom. The number of likely N-dealkylation sites (tertiary alicyclic amines) is 1. The summed E-state index contributed by atoms with van der Waals surface area (Å²) in [7, 11) is 0. The summed E-state index contributed by atoms with van der Waals surface area (Å²) in [5, 5.41) is 19.9. The second-order valence-corrected chi connectivity index (χ2v) is 5.79. The molecule has 0 amide bonds. The lowest BCUT2D eigenvalue weighted by Crippen LogP contribution is -2.42. The second kappa shape index (κ2) is 5.50. The van der Waals surface area contributed by atoms with Crippen molar-refractivity contribution in [2.75, 3.05) is 13.1 Å². The average Bonchev–Trinajstić information content (AvgIpc) is 2.35. The third-order valence-corrected chi connectivity index (χ3v) is 3.86. The van der Waals surface area contributed by atoms with E-state index in [0.717, 1.165) is 6.07 Å². The van der Waals surface area contributed by atoms with Crippen LogP contribution in [-0.2, 0) is 6.54 Å². The first kappa shape index (κ1) is 14.9. The smallest absolute Gasteiger partial charge is 0.163 e. The zero-order chi connectivity index (χ0) is 14.9. The van der Waals surface area contributed by atoms with Crippen molar-refractivity contribution < 1.29 is 19.4 Å². The van der Waals surface area contributed by atoms with Gasteiger partial charge < -0.3 is 10.2 Å². The van der Waals surface area contributed by atoms with E-state index in [4.69, 9.17) is 0 Å². The molecule has 4 nitrogen and oxygen atoms in total. The van der Waals surface area contributed by atoms with Crippen molar-refractivity contribution in [1.29, 1.82) is 0 Å². The van der Waals surface area contributed by atoms with Crippen molar-refractivity contribution >= 4 is 5.78 Å². The van der Waals surface area contributed by atoms with Crippen LogP contribution in [0.1, 0.15) is 42.6 Å². The van der Waals surface area contributed by atoms with Crippen LogP contribution in [0.5, 0.6) is 5.75 Å². The molecule has 0 spiro atoms. The fraction of sp³-hybridized carbons (Fsp3) is 0.533. The number of aromatic hydroxyl groups is 1. The van der Waals surface area contributed by atoms with E-state index < -0.39 is 11.4 Å². The van der Waals surface area contributed by atoms with Gasteiger partial charge >= 0.3 is 0 Å². The SMILES string of the molecule is CC(=O)c1cc(F)cc(CN2CCC(C)(O)CC2)c1O. The molecule has 0 aromatic heterocycles. The van der Waals surface area contributed by atoms with E-state index >= 15 is 0 Å². The van der Waals surface area contributed by atoms with Gasteiger partial charge in [0.1, 0.15) is 11.6 Å². The number of benzene rings is 1. The van der Waals surface area contributed by atoms with Gasteiger partial charge in [-0.3, -0.25) is 9.69 Å². The van der Waals surface area contributed by atoms with Gasteiger partial charge in [-0.25, -0.2) is 4.39 Å². The summed E-state index contributed by atoms with van der Waals surface area (Å²) in [5.41, 5.74) is -0.217. The van der Waals surface area contributed by atoms with Gasteiger partial charge in [0.2, 0.25) is 0 Å². The van der Waals surface area contributed by atoms with Crippen LogP contribution in [0.4, 0.5) is 4.39 Å². The molecule has 5 heteroatoms. The first-order chi connectivity index (χ1) is 9.28. The molecule has 1 aliphatic rings. The number of carbonyl (C=O) groups excluding carboxylic acids is 1. The Labute approximate surface area is 117 Å². The van der Waals surface area contributed by atoms with Gasteiger partial charge in [0.25, 0.3) is 0 Å². The molecule has 1 heterocycles. The Morgan fingerprint density at radius 2 is 2.00 bits per heavy atom. The molecule has 1 aromatic rings. The number of piperidine rings is 1. The van der Waals surface area contributed by atoms with Crippen LogP contribution in [-0.4, -0.2) is 39.6 Å². The van der Waals surface area contributed by atoms with Gasteiger partial charge in [-0.2, -0.15) is 0 Å². The van der Waals surface area contributed by atoms with E-state index in [1.54, 1.807) is 6.92 Å². The summed E-state index contributed by atoms with van der Waals surface area (Å²) in [6.07, 6.45) is 1.28. The second-order valence-electron chi connectivity index (χ2n) is 5.79. The molecule has 2 N–H and O–H groups in total. The maximum atomic E-state index is 13.5. The summed E-state index contributed by atoms with van der Waals surface area (Å²) in [6.45, 7) is 4.84. The Bertz CT molecular complexity index is 518. The fourth-order valence-electron chi connectivity index (χ4n) is 2.48. The van der Waals surface area contributed by atoms with Crippen molar-refractivity contribution in [2.24, 2.45) is 0 Å². The summed E-state index contributed by atoms with van der Waals surface area (Å²) < 4.78 is 13.5. The molecule has 0 radical (unpaired) electrons. The van der Waals surface area contributed by atoms with Gasteiger partial charge in [0, 0.05) is 25.2 Å².